The number of carbonyl (C=O) groups excluding carboxylic acids is 2. The van der Waals surface area contributed by atoms with Crippen LogP contribution in [-0.4, -0.2) is 34.1 Å². The maximum Gasteiger partial charge on any atom is 0.225 e. The predicted octanol–water partition coefficient (Wildman–Crippen LogP) is -0.674. The highest BCUT2D eigenvalue weighted by Gasteiger charge is 2.19. The van der Waals surface area contributed by atoms with E-state index in [0.29, 0.717) is 0 Å². The van der Waals surface area contributed by atoms with Gasteiger partial charge in [-0.1, -0.05) is 18.2 Å². The number of carboxylic acid groups (broad SMARTS) is 1. The van der Waals surface area contributed by atoms with Crippen LogP contribution in [0.15, 0.2) is 30.5 Å². The topological polar surface area (TPSA) is 105 Å². The molecule has 0 spiro atoms. The Bertz CT molecular complexity index is 633. The zero-order chi connectivity index (χ0) is 14.7. The van der Waals surface area contributed by atoms with E-state index in [1.807, 2.05) is 24.3 Å². The maximum atomic E-state index is 11.8. The van der Waals surface area contributed by atoms with Gasteiger partial charge in [-0.15, -0.1) is 0 Å². The van der Waals surface area contributed by atoms with Gasteiger partial charge in [0.25, 0.3) is 0 Å². The Labute approximate surface area is 115 Å². The van der Waals surface area contributed by atoms with Crippen molar-refractivity contribution in [2.45, 2.75) is 25.5 Å². The summed E-state index contributed by atoms with van der Waals surface area (Å²) in [5.41, 5.74) is 1.67. The van der Waals surface area contributed by atoms with Gasteiger partial charge in [-0.25, -0.2) is 0 Å². The third-order valence-corrected chi connectivity index (χ3v) is 3.08. The van der Waals surface area contributed by atoms with E-state index in [9.17, 15) is 19.8 Å². The van der Waals surface area contributed by atoms with Crippen LogP contribution in [0.25, 0.3) is 10.9 Å². The lowest BCUT2D eigenvalue weighted by Crippen LogP contribution is -2.53. The van der Waals surface area contributed by atoms with Gasteiger partial charge < -0.3 is 25.3 Å². The molecule has 2 aromatic rings. The average molecular weight is 275 g/mol. The van der Waals surface area contributed by atoms with Crippen molar-refractivity contribution in [1.82, 2.24) is 10.3 Å². The number of aliphatic hydroxyl groups excluding tert-OH is 1. The minimum absolute atomic E-state index is 0.0283. The van der Waals surface area contributed by atoms with Crippen molar-refractivity contribution in [2.75, 3.05) is 0 Å². The summed E-state index contributed by atoms with van der Waals surface area (Å²) < 4.78 is 0. The molecule has 20 heavy (non-hydrogen) atoms. The highest BCUT2D eigenvalue weighted by molar-refractivity contribution is 5.90. The highest BCUT2D eigenvalue weighted by Crippen LogP contribution is 2.17. The molecule has 2 atom stereocenters. The van der Waals surface area contributed by atoms with Crippen LogP contribution in [0.3, 0.4) is 0 Å². The molecule has 0 aliphatic heterocycles. The fourth-order valence-corrected chi connectivity index (χ4v) is 2.05. The van der Waals surface area contributed by atoms with E-state index >= 15 is 0 Å². The number of para-hydroxylation sites is 1. The number of fused-ring (bicyclic) bond motifs is 1. The number of carboxylic acids is 1. The summed E-state index contributed by atoms with van der Waals surface area (Å²) in [5.74, 6) is -1.99. The molecule has 0 unspecified atom stereocenters. The molecule has 106 valence electrons. The summed E-state index contributed by atoms with van der Waals surface area (Å²) in [5, 5.41) is 23.2. The predicted molar refractivity (Wildman–Crippen MR) is 70.6 cm³/mol. The van der Waals surface area contributed by atoms with Crippen LogP contribution >= 0.6 is 0 Å². The van der Waals surface area contributed by atoms with Crippen molar-refractivity contribution in [2.24, 2.45) is 0 Å². The Hall–Kier alpha value is -2.34. The SMILES string of the molecule is C[C@H](O)[C@@H](NC(=O)Cc1c[nH]c2ccccc12)C(=O)[O-]. The zero-order valence-corrected chi connectivity index (χ0v) is 10.9. The lowest BCUT2D eigenvalue weighted by Gasteiger charge is -2.22. The van der Waals surface area contributed by atoms with Gasteiger partial charge in [0.2, 0.25) is 5.91 Å². The van der Waals surface area contributed by atoms with Gasteiger partial charge in [-0.3, -0.25) is 4.79 Å². The summed E-state index contributed by atoms with van der Waals surface area (Å²) in [7, 11) is 0. The number of rotatable bonds is 5. The van der Waals surface area contributed by atoms with Gasteiger partial charge in [-0.2, -0.15) is 0 Å². The fraction of sp³-hybridized carbons (Fsp3) is 0.286. The molecule has 0 saturated carbocycles. The van der Waals surface area contributed by atoms with Crippen LogP contribution in [0.4, 0.5) is 0 Å². The molecule has 0 saturated heterocycles. The molecule has 3 N–H and O–H groups in total. The second-order valence-electron chi connectivity index (χ2n) is 4.64. The summed E-state index contributed by atoms with van der Waals surface area (Å²) >= 11 is 0. The number of aromatic nitrogens is 1. The third kappa shape index (κ3) is 2.97. The monoisotopic (exact) mass is 275 g/mol. The van der Waals surface area contributed by atoms with E-state index in [4.69, 9.17) is 0 Å². The molecule has 1 amide bonds. The number of hydrogen-bond donors (Lipinski definition) is 3. The lowest BCUT2D eigenvalue weighted by molar-refractivity contribution is -0.310. The van der Waals surface area contributed by atoms with E-state index < -0.39 is 24.0 Å². The van der Waals surface area contributed by atoms with Crippen molar-refractivity contribution >= 4 is 22.8 Å². The molecule has 2 rings (SSSR count). The highest BCUT2D eigenvalue weighted by atomic mass is 16.4. The van der Waals surface area contributed by atoms with Crippen molar-refractivity contribution < 1.29 is 19.8 Å². The molecule has 0 fully saturated rings. The van der Waals surface area contributed by atoms with Gasteiger partial charge in [0.1, 0.15) is 0 Å². The standard InChI is InChI=1S/C14H16N2O4/c1-8(17)13(14(19)20)16-12(18)6-9-7-15-11-5-3-2-4-10(9)11/h2-5,7-8,13,15,17H,6H2,1H3,(H,16,18)(H,19,20)/p-1/t8-,13+/m0/s1. The van der Waals surface area contributed by atoms with Crippen LogP contribution in [0.1, 0.15) is 12.5 Å². The van der Waals surface area contributed by atoms with E-state index in [2.05, 4.69) is 10.3 Å². The number of H-pyrrole nitrogens is 1. The number of nitrogens with one attached hydrogen (secondary N) is 2. The van der Waals surface area contributed by atoms with Crippen molar-refractivity contribution in [3.63, 3.8) is 0 Å². The molecule has 0 aliphatic rings. The molecule has 6 heteroatoms. The van der Waals surface area contributed by atoms with Gasteiger partial charge in [0.05, 0.1) is 24.5 Å². The van der Waals surface area contributed by atoms with Crippen LogP contribution < -0.4 is 10.4 Å². The minimum atomic E-state index is -1.51. The molecule has 1 aromatic heterocycles. The number of aromatic amines is 1. The first-order chi connectivity index (χ1) is 9.49. The Morgan fingerprint density at radius 1 is 1.40 bits per heavy atom. The van der Waals surface area contributed by atoms with Crippen molar-refractivity contribution in [1.29, 1.82) is 0 Å². The van der Waals surface area contributed by atoms with Gasteiger partial charge >= 0.3 is 0 Å². The first-order valence-electron chi connectivity index (χ1n) is 6.22. The lowest BCUT2D eigenvalue weighted by atomic mass is 10.1. The van der Waals surface area contributed by atoms with Crippen LogP contribution in [0, 0.1) is 0 Å². The second-order valence-corrected chi connectivity index (χ2v) is 4.64. The summed E-state index contributed by atoms with van der Waals surface area (Å²) in [4.78, 5) is 25.7. The van der Waals surface area contributed by atoms with Crippen LogP contribution in [0.2, 0.25) is 0 Å². The van der Waals surface area contributed by atoms with Gasteiger partial charge in [0.15, 0.2) is 0 Å². The van der Waals surface area contributed by atoms with Crippen molar-refractivity contribution in [3.05, 3.63) is 36.0 Å². The molecule has 1 aromatic carbocycles. The number of benzene rings is 1. The third-order valence-electron chi connectivity index (χ3n) is 3.08. The Balaban J connectivity index is 2.10. The number of aliphatic hydroxyl groups is 1. The fourth-order valence-electron chi connectivity index (χ4n) is 2.05. The van der Waals surface area contributed by atoms with Crippen LogP contribution in [-0.2, 0) is 16.0 Å². The summed E-state index contributed by atoms with van der Waals surface area (Å²) in [6.07, 6.45) is 0.521. The van der Waals surface area contributed by atoms with E-state index in [1.165, 1.54) is 6.92 Å². The molecule has 1 heterocycles. The van der Waals surface area contributed by atoms with Crippen molar-refractivity contribution in [3.8, 4) is 0 Å². The van der Waals surface area contributed by atoms with E-state index in [1.54, 1.807) is 6.20 Å². The van der Waals surface area contributed by atoms with Gasteiger partial charge in [0, 0.05) is 17.1 Å². The minimum Gasteiger partial charge on any atom is -0.548 e. The first kappa shape index (κ1) is 14.1. The number of hydrogen-bond acceptors (Lipinski definition) is 4. The van der Waals surface area contributed by atoms with E-state index in [0.717, 1.165) is 16.5 Å². The van der Waals surface area contributed by atoms with Crippen LogP contribution in [0.5, 0.6) is 0 Å². The van der Waals surface area contributed by atoms with E-state index in [-0.39, 0.29) is 6.42 Å². The molecule has 0 bridgehead atoms. The molecule has 0 radical (unpaired) electrons. The summed E-state index contributed by atoms with van der Waals surface area (Å²) in [6, 6.07) is 6.09. The largest absolute Gasteiger partial charge is 0.548 e. The molecular weight excluding hydrogens is 260 g/mol. The Morgan fingerprint density at radius 2 is 2.10 bits per heavy atom. The number of amides is 1. The molecule has 0 aliphatic carbocycles. The zero-order valence-electron chi connectivity index (χ0n) is 10.9. The molecular formula is C14H15N2O4-. The Morgan fingerprint density at radius 3 is 2.75 bits per heavy atom. The number of aliphatic carboxylic acids is 1. The molecule has 6 nitrogen and oxygen atoms in total. The average Bonchev–Trinajstić information content (AvgIpc) is 2.79. The van der Waals surface area contributed by atoms with Gasteiger partial charge in [-0.05, 0) is 18.6 Å². The number of carbonyl (C=O) groups is 2. The maximum absolute atomic E-state index is 11.8. The smallest absolute Gasteiger partial charge is 0.225 e. The first-order valence-corrected chi connectivity index (χ1v) is 6.22. The quantitative estimate of drug-likeness (QED) is 0.672. The summed E-state index contributed by atoms with van der Waals surface area (Å²) in [6.45, 7) is 1.28. The normalized spacial score (nSPS) is 13.9. The Kier molecular flexibility index (Phi) is 4.05. The second kappa shape index (κ2) is 5.75.